The minimum absolute atomic E-state index is 0.0856. The lowest BCUT2D eigenvalue weighted by molar-refractivity contribution is -0.122. The number of H-pyrrole nitrogens is 1. The molecule has 0 spiro atoms. The van der Waals surface area contributed by atoms with Crippen LogP contribution in [0.2, 0.25) is 0 Å². The molecule has 2 aromatic rings. The number of aromatic nitrogens is 1. The third kappa shape index (κ3) is 2.78. The highest BCUT2D eigenvalue weighted by Gasteiger charge is 2.32. The lowest BCUT2D eigenvalue weighted by Gasteiger charge is -2.16. The largest absolute Gasteiger partial charge is 0.355 e. The third-order valence-electron chi connectivity index (χ3n) is 5.00. The Morgan fingerprint density at radius 1 is 1.32 bits per heavy atom. The van der Waals surface area contributed by atoms with E-state index in [9.17, 15) is 9.18 Å². The molecule has 4 rings (SSSR count). The molecule has 2 heterocycles. The van der Waals surface area contributed by atoms with E-state index in [2.05, 4.69) is 10.3 Å². The predicted molar refractivity (Wildman–Crippen MR) is 96.7 cm³/mol. The summed E-state index contributed by atoms with van der Waals surface area (Å²) in [6.07, 6.45) is 5.55. The lowest BCUT2D eigenvalue weighted by atomic mass is 9.87. The van der Waals surface area contributed by atoms with Crippen molar-refractivity contribution in [3.8, 4) is 11.3 Å². The monoisotopic (exact) mass is 339 g/mol. The zero-order chi connectivity index (χ0) is 17.6. The van der Waals surface area contributed by atoms with Crippen LogP contribution in [0.3, 0.4) is 0 Å². The summed E-state index contributed by atoms with van der Waals surface area (Å²) in [6.45, 7) is 1.19. The molecule has 0 saturated carbocycles. The summed E-state index contributed by atoms with van der Waals surface area (Å²) in [4.78, 5) is 17.7. The maximum atomic E-state index is 14.5. The highest BCUT2D eigenvalue weighted by molar-refractivity contribution is 5.89. The summed E-state index contributed by atoms with van der Waals surface area (Å²) in [5.74, 6) is -0.247. The van der Waals surface area contributed by atoms with Gasteiger partial charge in [0.25, 0.3) is 0 Å². The normalized spacial score (nSPS) is 18.9. The van der Waals surface area contributed by atoms with Crippen LogP contribution in [-0.2, 0) is 17.8 Å². The standard InChI is InChI=1S/C20H22FN3O/c1-24(2)11-13-7-6-12(10-16(13)21)19-14-8-9-22-20(25)15-4-3-5-17(23-19)18(14)15/h3,5-7,10,15,23H,4,8-9,11H2,1-2H3,(H,22,25). The molecule has 1 aliphatic carbocycles. The predicted octanol–water partition coefficient (Wildman–Crippen LogP) is 3.06. The Kier molecular flexibility index (Phi) is 3.96. The van der Waals surface area contributed by atoms with E-state index >= 15 is 0 Å². The van der Waals surface area contributed by atoms with Crippen LogP contribution in [0.1, 0.15) is 34.7 Å². The van der Waals surface area contributed by atoms with Crippen LogP contribution < -0.4 is 5.32 Å². The average Bonchev–Trinajstić information content (AvgIpc) is 2.86. The molecule has 1 unspecified atom stereocenters. The van der Waals surface area contributed by atoms with Crippen molar-refractivity contribution >= 4 is 12.0 Å². The number of nitrogens with zero attached hydrogens (tertiary/aromatic N) is 1. The maximum absolute atomic E-state index is 14.5. The molecule has 0 bridgehead atoms. The Bertz CT molecular complexity index is 866. The second-order valence-corrected chi connectivity index (χ2v) is 7.08. The minimum Gasteiger partial charge on any atom is -0.355 e. The highest BCUT2D eigenvalue weighted by atomic mass is 19.1. The second kappa shape index (κ2) is 6.15. The zero-order valence-corrected chi connectivity index (χ0v) is 14.5. The molecule has 2 N–H and O–H groups in total. The van der Waals surface area contributed by atoms with Crippen molar-refractivity contribution in [2.45, 2.75) is 25.3 Å². The van der Waals surface area contributed by atoms with Crippen molar-refractivity contribution in [1.82, 2.24) is 15.2 Å². The molecule has 1 aliphatic heterocycles. The topological polar surface area (TPSA) is 48.1 Å². The van der Waals surface area contributed by atoms with Crippen LogP contribution in [0.25, 0.3) is 17.3 Å². The van der Waals surface area contributed by atoms with Gasteiger partial charge in [-0.25, -0.2) is 4.39 Å². The molecule has 130 valence electrons. The van der Waals surface area contributed by atoms with E-state index in [1.54, 1.807) is 6.07 Å². The second-order valence-electron chi connectivity index (χ2n) is 7.08. The van der Waals surface area contributed by atoms with Crippen molar-refractivity contribution < 1.29 is 9.18 Å². The molecule has 25 heavy (non-hydrogen) atoms. The van der Waals surface area contributed by atoms with Gasteiger partial charge in [0.1, 0.15) is 5.82 Å². The summed E-state index contributed by atoms with van der Waals surface area (Å²) in [7, 11) is 3.85. The Labute approximate surface area is 146 Å². The molecule has 4 nitrogen and oxygen atoms in total. The Morgan fingerprint density at radius 3 is 2.92 bits per heavy atom. The van der Waals surface area contributed by atoms with Gasteiger partial charge in [0.2, 0.25) is 5.91 Å². The molecule has 1 amide bonds. The van der Waals surface area contributed by atoms with Gasteiger partial charge in [0.15, 0.2) is 0 Å². The molecule has 2 aliphatic rings. The van der Waals surface area contributed by atoms with E-state index in [0.29, 0.717) is 18.7 Å². The molecular weight excluding hydrogens is 317 g/mol. The first-order valence-electron chi connectivity index (χ1n) is 8.67. The molecule has 1 aromatic carbocycles. The molecule has 1 atom stereocenters. The van der Waals surface area contributed by atoms with E-state index in [1.807, 2.05) is 43.3 Å². The first kappa shape index (κ1) is 16.1. The number of aromatic amines is 1. The number of allylic oxidation sites excluding steroid dienone is 1. The summed E-state index contributed by atoms with van der Waals surface area (Å²) < 4.78 is 14.5. The van der Waals surface area contributed by atoms with E-state index in [4.69, 9.17) is 0 Å². The average molecular weight is 339 g/mol. The number of halogens is 1. The quantitative estimate of drug-likeness (QED) is 0.903. The number of benzene rings is 1. The van der Waals surface area contributed by atoms with Gasteiger partial charge in [-0.1, -0.05) is 18.2 Å². The van der Waals surface area contributed by atoms with Gasteiger partial charge in [-0.3, -0.25) is 4.79 Å². The summed E-state index contributed by atoms with van der Waals surface area (Å²) >= 11 is 0. The SMILES string of the molecule is CN(C)Cc1ccc(-c2[nH]c3c4c2CCNC(=O)C4CC=C3)cc1F. The lowest BCUT2D eigenvalue weighted by Crippen LogP contribution is -2.28. The zero-order valence-electron chi connectivity index (χ0n) is 14.5. The number of nitrogens with one attached hydrogen (secondary N) is 2. The first-order chi connectivity index (χ1) is 12.0. The minimum atomic E-state index is -0.194. The van der Waals surface area contributed by atoms with E-state index < -0.39 is 0 Å². The van der Waals surface area contributed by atoms with Crippen molar-refractivity contribution in [2.75, 3.05) is 20.6 Å². The Hall–Kier alpha value is -2.40. The van der Waals surface area contributed by atoms with Crippen molar-refractivity contribution in [3.05, 3.63) is 52.5 Å². The van der Waals surface area contributed by atoms with Crippen molar-refractivity contribution in [3.63, 3.8) is 0 Å². The Balaban J connectivity index is 1.80. The van der Waals surface area contributed by atoms with Gasteiger partial charge < -0.3 is 15.2 Å². The first-order valence-corrected chi connectivity index (χ1v) is 8.67. The van der Waals surface area contributed by atoms with Gasteiger partial charge in [-0.05, 0) is 50.2 Å². The number of hydrogen-bond acceptors (Lipinski definition) is 2. The van der Waals surface area contributed by atoms with E-state index in [0.717, 1.165) is 40.9 Å². The van der Waals surface area contributed by atoms with Gasteiger partial charge in [0.05, 0.1) is 5.92 Å². The van der Waals surface area contributed by atoms with Crippen LogP contribution >= 0.6 is 0 Å². The molecular formula is C20H22FN3O. The smallest absolute Gasteiger partial charge is 0.227 e. The number of rotatable bonds is 3. The fraction of sp³-hybridized carbons (Fsp3) is 0.350. The molecule has 5 heteroatoms. The Morgan fingerprint density at radius 2 is 2.16 bits per heavy atom. The summed E-state index contributed by atoms with van der Waals surface area (Å²) in [5, 5.41) is 2.99. The van der Waals surface area contributed by atoms with Crippen molar-refractivity contribution in [1.29, 1.82) is 0 Å². The summed E-state index contributed by atoms with van der Waals surface area (Å²) in [6, 6.07) is 5.42. The van der Waals surface area contributed by atoms with Crippen LogP contribution in [0, 0.1) is 5.82 Å². The third-order valence-corrected chi connectivity index (χ3v) is 5.00. The number of amides is 1. The van der Waals surface area contributed by atoms with Gasteiger partial charge in [-0.2, -0.15) is 0 Å². The van der Waals surface area contributed by atoms with Crippen LogP contribution in [0.4, 0.5) is 4.39 Å². The van der Waals surface area contributed by atoms with Gasteiger partial charge in [0, 0.05) is 35.6 Å². The van der Waals surface area contributed by atoms with Gasteiger partial charge >= 0.3 is 0 Å². The van der Waals surface area contributed by atoms with Crippen LogP contribution in [0.15, 0.2) is 24.3 Å². The van der Waals surface area contributed by atoms with E-state index in [1.165, 1.54) is 0 Å². The van der Waals surface area contributed by atoms with Gasteiger partial charge in [-0.15, -0.1) is 0 Å². The number of carbonyl (C=O) groups is 1. The fourth-order valence-electron chi connectivity index (χ4n) is 3.89. The summed E-state index contributed by atoms with van der Waals surface area (Å²) in [5.41, 5.74) is 5.67. The van der Waals surface area contributed by atoms with Crippen LogP contribution in [-0.4, -0.2) is 36.4 Å². The van der Waals surface area contributed by atoms with Crippen molar-refractivity contribution in [2.24, 2.45) is 0 Å². The highest BCUT2D eigenvalue weighted by Crippen LogP contribution is 2.39. The number of hydrogen-bond donors (Lipinski definition) is 2. The van der Waals surface area contributed by atoms with E-state index in [-0.39, 0.29) is 17.6 Å². The molecule has 0 saturated heterocycles. The fourth-order valence-corrected chi connectivity index (χ4v) is 3.89. The van der Waals surface area contributed by atoms with Crippen LogP contribution in [0.5, 0.6) is 0 Å². The molecule has 0 radical (unpaired) electrons. The molecule has 1 aromatic heterocycles. The number of carbonyl (C=O) groups excluding carboxylic acids is 1. The maximum Gasteiger partial charge on any atom is 0.227 e. The molecule has 0 fully saturated rings.